The van der Waals surface area contributed by atoms with E-state index in [1.54, 1.807) is 28.9 Å². The lowest BCUT2D eigenvalue weighted by atomic mass is 9.70. The molecule has 39 heavy (non-hydrogen) atoms. The summed E-state index contributed by atoms with van der Waals surface area (Å²) in [5.41, 5.74) is -1.15. The van der Waals surface area contributed by atoms with Gasteiger partial charge in [-0.05, 0) is 19.8 Å². The Balaban J connectivity index is 1.68. The molecule has 4 fully saturated rings. The minimum Gasteiger partial charge on any atom is -0.394 e. The molecular weight excluding hydrogens is 568 g/mol. The van der Waals surface area contributed by atoms with Crippen molar-refractivity contribution in [3.05, 3.63) is 25.3 Å². The predicted octanol–water partition coefficient (Wildman–Crippen LogP) is 0.887. The zero-order valence-corrected chi connectivity index (χ0v) is 24.8. The lowest BCUT2D eigenvalue weighted by Gasteiger charge is -2.39. The van der Waals surface area contributed by atoms with Crippen LogP contribution in [0.15, 0.2) is 25.3 Å². The van der Waals surface area contributed by atoms with Gasteiger partial charge in [0.15, 0.2) is 0 Å². The number of fused-ring (bicyclic) bond motifs is 1. The molecule has 0 radical (unpaired) electrons. The molecule has 4 heterocycles. The first-order valence-corrected chi connectivity index (χ1v) is 15.0. The van der Waals surface area contributed by atoms with Crippen LogP contribution in [-0.4, -0.2) is 137 Å². The number of hydrogen-bond acceptors (Lipinski definition) is 7. The summed E-state index contributed by atoms with van der Waals surface area (Å²) in [6.07, 6.45) is 4.07. The molecule has 7 atom stereocenters. The van der Waals surface area contributed by atoms with Crippen molar-refractivity contribution in [1.82, 2.24) is 19.6 Å². The molecule has 0 saturated carbocycles. The van der Waals surface area contributed by atoms with E-state index in [4.69, 9.17) is 9.47 Å². The zero-order chi connectivity index (χ0) is 28.3. The maximum atomic E-state index is 14.4. The van der Waals surface area contributed by atoms with E-state index in [9.17, 15) is 19.5 Å². The zero-order valence-electron chi connectivity index (χ0n) is 23.2. The number of halogens is 1. The number of ether oxygens (including phenoxy) is 2. The van der Waals surface area contributed by atoms with Crippen molar-refractivity contribution in [3.8, 4) is 0 Å². The molecule has 0 aromatic carbocycles. The summed E-state index contributed by atoms with van der Waals surface area (Å²) in [6.45, 7) is 16.4. The normalized spacial score (nSPS) is 32.7. The van der Waals surface area contributed by atoms with Gasteiger partial charge in [0.1, 0.15) is 11.6 Å². The van der Waals surface area contributed by atoms with Crippen molar-refractivity contribution in [2.24, 2.45) is 11.8 Å². The van der Waals surface area contributed by atoms with Crippen molar-refractivity contribution in [2.75, 3.05) is 65.6 Å². The maximum Gasteiger partial charge on any atom is 0.248 e. The van der Waals surface area contributed by atoms with Crippen molar-refractivity contribution < 1.29 is 29.0 Å². The van der Waals surface area contributed by atoms with E-state index in [1.807, 2.05) is 6.92 Å². The van der Waals surface area contributed by atoms with E-state index in [2.05, 4.69) is 34.0 Å². The number of alkyl halides is 1. The third kappa shape index (κ3) is 5.45. The molecule has 4 aliphatic heterocycles. The molecule has 3 amide bonds. The highest BCUT2D eigenvalue weighted by Crippen LogP contribution is 2.60. The number of aliphatic hydroxyl groups excluding tert-OH is 1. The van der Waals surface area contributed by atoms with Crippen LogP contribution < -0.4 is 0 Å². The highest BCUT2D eigenvalue weighted by Gasteiger charge is 2.77. The highest BCUT2D eigenvalue weighted by atomic mass is 79.9. The number of likely N-dealkylation sites (tertiary alicyclic amines) is 1. The number of hydrogen-bond donors (Lipinski definition) is 1. The van der Waals surface area contributed by atoms with Gasteiger partial charge in [-0.1, -0.05) is 35.0 Å². The molecule has 3 unspecified atom stereocenters. The van der Waals surface area contributed by atoms with Crippen LogP contribution in [0.1, 0.15) is 26.7 Å². The van der Waals surface area contributed by atoms with Crippen molar-refractivity contribution in [2.45, 2.75) is 55.3 Å². The third-order valence-corrected chi connectivity index (χ3v) is 9.44. The van der Waals surface area contributed by atoms with E-state index < -0.39 is 35.6 Å². The third-order valence-electron chi connectivity index (χ3n) is 8.59. The Hall–Kier alpha value is -1.79. The van der Waals surface area contributed by atoms with Crippen LogP contribution in [-0.2, 0) is 23.9 Å². The number of aliphatic hydroxyl groups is 1. The van der Waals surface area contributed by atoms with Gasteiger partial charge >= 0.3 is 0 Å². The standard InChI is InChI=1S/C28H43BrN4O6/c1-5-8-31(9-6-2)25(35)21-22-26(36)33(19(4)18-34)24(28(22)17-20(29)23(21)39-28)27(37)32(10-7-3)12-11-30-13-15-38-16-14-30/h5,7,19-24,34H,1,3,6,8-18H2,2,4H3/t19-,20?,21+,22+,23+,24?,28?/m1/s1. The first-order valence-electron chi connectivity index (χ1n) is 14.1. The summed E-state index contributed by atoms with van der Waals surface area (Å²) in [7, 11) is 0. The highest BCUT2D eigenvalue weighted by molar-refractivity contribution is 9.09. The van der Waals surface area contributed by atoms with Crippen LogP contribution in [0.2, 0.25) is 0 Å². The van der Waals surface area contributed by atoms with Crippen LogP contribution in [0.5, 0.6) is 0 Å². The number of rotatable bonds is 13. The summed E-state index contributed by atoms with van der Waals surface area (Å²) < 4.78 is 12.1. The maximum absolute atomic E-state index is 14.4. The fourth-order valence-electron chi connectivity index (χ4n) is 6.83. The molecule has 0 aliphatic carbocycles. The molecule has 10 nitrogen and oxygen atoms in total. The molecule has 218 valence electrons. The van der Waals surface area contributed by atoms with Gasteiger partial charge in [0.2, 0.25) is 17.7 Å². The second-order valence-electron chi connectivity index (χ2n) is 11.0. The molecule has 0 aromatic rings. The summed E-state index contributed by atoms with van der Waals surface area (Å²) >= 11 is 3.73. The van der Waals surface area contributed by atoms with Crippen LogP contribution in [0.4, 0.5) is 0 Å². The fraction of sp³-hybridized carbons (Fsp3) is 0.750. The van der Waals surface area contributed by atoms with Crippen molar-refractivity contribution >= 4 is 33.7 Å². The summed E-state index contributed by atoms with van der Waals surface area (Å²) in [5.74, 6) is -2.18. The van der Waals surface area contributed by atoms with Crippen LogP contribution >= 0.6 is 15.9 Å². The van der Waals surface area contributed by atoms with Crippen LogP contribution in [0, 0.1) is 11.8 Å². The van der Waals surface area contributed by atoms with Gasteiger partial charge in [-0.3, -0.25) is 19.3 Å². The topological polar surface area (TPSA) is 103 Å². The molecule has 4 rings (SSSR count). The molecule has 2 bridgehead atoms. The van der Waals surface area contributed by atoms with Gasteiger partial charge in [0, 0.05) is 50.6 Å². The Morgan fingerprint density at radius 3 is 2.41 bits per heavy atom. The first kappa shape index (κ1) is 30.2. The quantitative estimate of drug-likeness (QED) is 0.244. The lowest BCUT2D eigenvalue weighted by molar-refractivity contribution is -0.151. The van der Waals surface area contributed by atoms with Gasteiger partial charge < -0.3 is 29.3 Å². The Kier molecular flexibility index (Phi) is 9.91. The number of amides is 3. The second-order valence-corrected chi connectivity index (χ2v) is 12.2. The Bertz CT molecular complexity index is 945. The van der Waals surface area contributed by atoms with Gasteiger partial charge in [-0.15, -0.1) is 13.2 Å². The van der Waals surface area contributed by atoms with Crippen LogP contribution in [0.25, 0.3) is 0 Å². The summed E-state index contributed by atoms with van der Waals surface area (Å²) in [6, 6.07) is -1.55. The van der Waals surface area contributed by atoms with E-state index in [-0.39, 0.29) is 29.2 Å². The van der Waals surface area contributed by atoms with E-state index in [0.717, 1.165) is 19.5 Å². The summed E-state index contributed by atoms with van der Waals surface area (Å²) in [5, 5.41) is 10.1. The van der Waals surface area contributed by atoms with Gasteiger partial charge in [-0.25, -0.2) is 0 Å². The van der Waals surface area contributed by atoms with Crippen LogP contribution in [0.3, 0.4) is 0 Å². The minimum absolute atomic E-state index is 0.147. The van der Waals surface area contributed by atoms with Crippen molar-refractivity contribution in [3.63, 3.8) is 0 Å². The van der Waals surface area contributed by atoms with Gasteiger partial charge in [-0.2, -0.15) is 0 Å². The van der Waals surface area contributed by atoms with E-state index in [1.165, 1.54) is 4.90 Å². The number of carbonyl (C=O) groups is 3. The average molecular weight is 612 g/mol. The predicted molar refractivity (Wildman–Crippen MR) is 150 cm³/mol. The summed E-state index contributed by atoms with van der Waals surface area (Å²) in [4.78, 5) is 49.5. The lowest BCUT2D eigenvalue weighted by Crippen LogP contribution is -2.59. The van der Waals surface area contributed by atoms with Crippen molar-refractivity contribution in [1.29, 1.82) is 0 Å². The molecule has 0 aromatic heterocycles. The molecule has 4 saturated heterocycles. The monoisotopic (exact) mass is 610 g/mol. The van der Waals surface area contributed by atoms with E-state index in [0.29, 0.717) is 52.4 Å². The fourth-order valence-corrected chi connectivity index (χ4v) is 7.77. The Morgan fingerprint density at radius 2 is 1.82 bits per heavy atom. The molecule has 4 aliphatic rings. The van der Waals surface area contributed by atoms with E-state index >= 15 is 0 Å². The van der Waals surface area contributed by atoms with Gasteiger partial charge in [0.25, 0.3) is 0 Å². The van der Waals surface area contributed by atoms with Gasteiger partial charge in [0.05, 0.1) is 43.8 Å². The largest absolute Gasteiger partial charge is 0.394 e. The second kappa shape index (κ2) is 12.8. The Labute approximate surface area is 240 Å². The number of carbonyl (C=O) groups excluding carboxylic acids is 3. The average Bonchev–Trinajstić information content (AvgIpc) is 3.53. The Morgan fingerprint density at radius 1 is 1.18 bits per heavy atom. The molecular formula is C28H43BrN4O6. The molecule has 1 N–H and O–H groups in total. The first-order chi connectivity index (χ1) is 18.7. The molecule has 1 spiro atoms. The number of morpholine rings is 1. The minimum atomic E-state index is -1.15. The smallest absolute Gasteiger partial charge is 0.248 e. The molecule has 11 heteroatoms. The SMILES string of the molecule is C=CCN(CCN1CCOCC1)C(=O)C1N([C@H](C)CO)C(=O)[C@@H]2[C@H](C(=O)N(CC=C)CCC)[C@H]3OC12CC3Br. The number of nitrogens with zero attached hydrogens (tertiary/aromatic N) is 4.